The third kappa shape index (κ3) is 4.18. The van der Waals surface area contributed by atoms with E-state index in [9.17, 15) is 14.0 Å². The number of fused-ring (bicyclic) bond motifs is 1. The van der Waals surface area contributed by atoms with Crippen molar-refractivity contribution >= 4 is 11.8 Å². The number of halogens is 1. The van der Waals surface area contributed by atoms with Gasteiger partial charge in [0.25, 0.3) is 5.91 Å². The van der Waals surface area contributed by atoms with Gasteiger partial charge in [0, 0.05) is 31.6 Å². The summed E-state index contributed by atoms with van der Waals surface area (Å²) in [5.41, 5.74) is 0.640. The number of benzene rings is 1. The normalized spacial score (nSPS) is 14.2. The number of amides is 2. The second-order valence-electron chi connectivity index (χ2n) is 4.96. The number of nitrogens with zero attached hydrogens (tertiary/aromatic N) is 1. The van der Waals surface area contributed by atoms with Crippen molar-refractivity contribution in [2.24, 2.45) is 0 Å². The monoisotopic (exact) mass is 294 g/mol. The summed E-state index contributed by atoms with van der Waals surface area (Å²) in [6.07, 6.45) is 1.26. The Morgan fingerprint density at radius 1 is 1.48 bits per heavy atom. The van der Waals surface area contributed by atoms with Gasteiger partial charge in [-0.15, -0.1) is 0 Å². The summed E-state index contributed by atoms with van der Waals surface area (Å²) in [5.74, 6) is -0.0241. The molecule has 6 heteroatoms. The van der Waals surface area contributed by atoms with E-state index in [1.54, 1.807) is 4.90 Å². The molecular weight excluding hydrogens is 275 g/mol. The van der Waals surface area contributed by atoms with E-state index in [0.717, 1.165) is 6.42 Å². The first-order chi connectivity index (χ1) is 10.1. The fourth-order valence-electron chi connectivity index (χ4n) is 2.19. The van der Waals surface area contributed by atoms with Crippen LogP contribution in [-0.2, 0) is 16.1 Å². The maximum atomic E-state index is 13.3. The Morgan fingerprint density at radius 3 is 3.05 bits per heavy atom. The van der Waals surface area contributed by atoms with Gasteiger partial charge in [0.05, 0.1) is 0 Å². The van der Waals surface area contributed by atoms with E-state index in [4.69, 9.17) is 4.74 Å². The van der Waals surface area contributed by atoms with Crippen LogP contribution in [0.5, 0.6) is 5.75 Å². The molecule has 0 atom stereocenters. The zero-order valence-electron chi connectivity index (χ0n) is 12.0. The maximum Gasteiger partial charge on any atom is 0.260 e. The Hall–Kier alpha value is -2.11. The molecule has 1 N–H and O–H groups in total. The molecule has 0 bridgehead atoms. The minimum atomic E-state index is -0.358. The number of hydrogen-bond donors (Lipinski definition) is 1. The van der Waals surface area contributed by atoms with Crippen molar-refractivity contribution in [3.63, 3.8) is 0 Å². The molecular formula is C15H19FN2O3. The largest absolute Gasteiger partial charge is 0.483 e. The molecule has 0 radical (unpaired) electrons. The number of carbonyl (C=O) groups is 2. The molecule has 1 heterocycles. The lowest BCUT2D eigenvalue weighted by Crippen LogP contribution is -2.39. The van der Waals surface area contributed by atoms with E-state index in [2.05, 4.69) is 5.32 Å². The van der Waals surface area contributed by atoms with E-state index in [1.165, 1.54) is 18.2 Å². The average Bonchev–Trinajstić information content (AvgIpc) is 2.59. The molecule has 0 aromatic heterocycles. The van der Waals surface area contributed by atoms with Crippen LogP contribution in [0.3, 0.4) is 0 Å². The van der Waals surface area contributed by atoms with Crippen LogP contribution in [0.15, 0.2) is 18.2 Å². The van der Waals surface area contributed by atoms with Crippen molar-refractivity contribution in [1.82, 2.24) is 10.2 Å². The summed E-state index contributed by atoms with van der Waals surface area (Å²) in [5, 5.41) is 2.76. The van der Waals surface area contributed by atoms with E-state index >= 15 is 0 Å². The Balaban J connectivity index is 1.96. The molecule has 1 aromatic carbocycles. The standard InChI is InChI=1S/C15H19FN2O3/c1-2-3-14(19)17-6-7-18-9-11-8-12(16)4-5-13(11)21-10-15(18)20/h4-5,8H,2-3,6-7,9-10H2,1H3,(H,17,19). The molecule has 114 valence electrons. The highest BCUT2D eigenvalue weighted by molar-refractivity contribution is 5.79. The van der Waals surface area contributed by atoms with Gasteiger partial charge in [-0.25, -0.2) is 4.39 Å². The number of nitrogens with one attached hydrogen (secondary N) is 1. The van der Waals surface area contributed by atoms with Gasteiger partial charge in [0.2, 0.25) is 5.91 Å². The van der Waals surface area contributed by atoms with E-state index in [0.29, 0.717) is 30.8 Å². The van der Waals surface area contributed by atoms with Crippen LogP contribution in [-0.4, -0.2) is 36.4 Å². The van der Waals surface area contributed by atoms with Gasteiger partial charge >= 0.3 is 0 Å². The molecule has 0 aliphatic carbocycles. The molecule has 0 unspecified atom stereocenters. The summed E-state index contributed by atoms with van der Waals surface area (Å²) in [6.45, 7) is 2.92. The van der Waals surface area contributed by atoms with E-state index in [1.807, 2.05) is 6.92 Å². The molecule has 5 nitrogen and oxygen atoms in total. The number of hydrogen-bond acceptors (Lipinski definition) is 3. The minimum Gasteiger partial charge on any atom is -0.483 e. The Bertz CT molecular complexity index is 534. The van der Waals surface area contributed by atoms with Gasteiger partial charge in [-0.1, -0.05) is 6.92 Å². The predicted molar refractivity (Wildman–Crippen MR) is 75.2 cm³/mol. The summed E-state index contributed by atoms with van der Waals surface area (Å²) in [7, 11) is 0. The summed E-state index contributed by atoms with van der Waals surface area (Å²) in [4.78, 5) is 24.9. The Morgan fingerprint density at radius 2 is 2.29 bits per heavy atom. The van der Waals surface area contributed by atoms with Gasteiger partial charge in [-0.3, -0.25) is 9.59 Å². The van der Waals surface area contributed by atoms with Gasteiger partial charge < -0.3 is 15.0 Å². The maximum absolute atomic E-state index is 13.3. The van der Waals surface area contributed by atoms with Crippen LogP contribution in [0.1, 0.15) is 25.3 Å². The predicted octanol–water partition coefficient (Wildman–Crippen LogP) is 1.46. The zero-order valence-corrected chi connectivity index (χ0v) is 12.0. The van der Waals surface area contributed by atoms with Crippen molar-refractivity contribution < 1.29 is 18.7 Å². The van der Waals surface area contributed by atoms with Gasteiger partial charge in [-0.2, -0.15) is 0 Å². The highest BCUT2D eigenvalue weighted by atomic mass is 19.1. The average molecular weight is 294 g/mol. The van der Waals surface area contributed by atoms with Crippen LogP contribution in [0, 0.1) is 5.82 Å². The van der Waals surface area contributed by atoms with Crippen LogP contribution in [0.4, 0.5) is 4.39 Å². The highest BCUT2D eigenvalue weighted by Gasteiger charge is 2.21. The summed E-state index contributed by atoms with van der Waals surface area (Å²) < 4.78 is 18.6. The van der Waals surface area contributed by atoms with E-state index in [-0.39, 0.29) is 30.8 Å². The van der Waals surface area contributed by atoms with Gasteiger partial charge in [0.15, 0.2) is 6.61 Å². The fraction of sp³-hybridized carbons (Fsp3) is 0.467. The summed E-state index contributed by atoms with van der Waals surface area (Å²) in [6, 6.07) is 4.21. The molecule has 2 amide bonds. The number of ether oxygens (including phenoxy) is 1. The quantitative estimate of drug-likeness (QED) is 0.894. The number of carbonyl (C=O) groups excluding carboxylic acids is 2. The molecule has 2 rings (SSSR count). The zero-order chi connectivity index (χ0) is 15.2. The molecule has 0 fully saturated rings. The SMILES string of the molecule is CCCC(=O)NCCN1Cc2cc(F)ccc2OCC1=O. The number of rotatable bonds is 5. The minimum absolute atomic E-state index is 0.0255. The van der Waals surface area contributed by atoms with Crippen molar-refractivity contribution in [1.29, 1.82) is 0 Å². The highest BCUT2D eigenvalue weighted by Crippen LogP contribution is 2.24. The first kappa shape index (κ1) is 15.3. The van der Waals surface area contributed by atoms with Crippen LogP contribution in [0.25, 0.3) is 0 Å². The molecule has 1 aliphatic heterocycles. The Kier molecular flexibility index (Phi) is 5.14. The lowest BCUT2D eigenvalue weighted by molar-refractivity contribution is -0.133. The second kappa shape index (κ2) is 7.06. The van der Waals surface area contributed by atoms with E-state index < -0.39 is 0 Å². The molecule has 0 saturated heterocycles. The third-order valence-electron chi connectivity index (χ3n) is 3.27. The Labute approximate surface area is 123 Å². The summed E-state index contributed by atoms with van der Waals surface area (Å²) >= 11 is 0. The first-order valence-electron chi connectivity index (χ1n) is 7.06. The van der Waals surface area contributed by atoms with Crippen molar-refractivity contribution in [3.8, 4) is 5.75 Å². The lowest BCUT2D eigenvalue weighted by atomic mass is 10.2. The third-order valence-corrected chi connectivity index (χ3v) is 3.27. The lowest BCUT2D eigenvalue weighted by Gasteiger charge is -2.20. The first-order valence-corrected chi connectivity index (χ1v) is 7.06. The molecule has 0 spiro atoms. The van der Waals surface area contributed by atoms with Crippen LogP contribution in [0.2, 0.25) is 0 Å². The van der Waals surface area contributed by atoms with Crippen LogP contribution >= 0.6 is 0 Å². The molecule has 1 aromatic rings. The fourth-order valence-corrected chi connectivity index (χ4v) is 2.19. The van der Waals surface area contributed by atoms with Gasteiger partial charge in [0.1, 0.15) is 11.6 Å². The van der Waals surface area contributed by atoms with Gasteiger partial charge in [-0.05, 0) is 24.6 Å². The second-order valence-corrected chi connectivity index (χ2v) is 4.96. The topological polar surface area (TPSA) is 58.6 Å². The van der Waals surface area contributed by atoms with Crippen molar-refractivity contribution in [2.75, 3.05) is 19.7 Å². The molecule has 21 heavy (non-hydrogen) atoms. The molecule has 1 aliphatic rings. The molecule has 0 saturated carbocycles. The van der Waals surface area contributed by atoms with Crippen molar-refractivity contribution in [3.05, 3.63) is 29.6 Å². The smallest absolute Gasteiger partial charge is 0.260 e. The van der Waals surface area contributed by atoms with Crippen LogP contribution < -0.4 is 10.1 Å². The van der Waals surface area contributed by atoms with Crippen molar-refractivity contribution in [2.45, 2.75) is 26.3 Å².